The number of alkyl halides is 1. The topological polar surface area (TPSA) is 37.9 Å². The van der Waals surface area contributed by atoms with Crippen molar-refractivity contribution in [1.29, 1.82) is 0 Å². The number of ether oxygens (including phenoxy) is 1. The Morgan fingerprint density at radius 2 is 2.00 bits per heavy atom. The van der Waals surface area contributed by atoms with E-state index in [-0.39, 0.29) is 0 Å². The molecular weight excluding hydrogens is 315 g/mol. The van der Waals surface area contributed by atoms with Crippen LogP contribution < -0.4 is 4.74 Å². The number of aryl methyl sites for hydroxylation is 1. The molecule has 0 radical (unpaired) electrons. The van der Waals surface area contributed by atoms with Crippen molar-refractivity contribution in [3.63, 3.8) is 0 Å². The van der Waals surface area contributed by atoms with Gasteiger partial charge in [0, 0.05) is 0 Å². The largest absolute Gasteiger partial charge is 0.497 e. The molecule has 16 heavy (non-hydrogen) atoms. The van der Waals surface area contributed by atoms with Gasteiger partial charge in [-0.25, -0.2) is 0 Å². The molecule has 1 heterocycles. The summed E-state index contributed by atoms with van der Waals surface area (Å²) in [5.74, 6) is 0.883. The summed E-state index contributed by atoms with van der Waals surface area (Å²) in [6, 6.07) is 8.12. The zero-order valence-electron chi connectivity index (χ0n) is 9.20. The van der Waals surface area contributed by atoms with Crippen LogP contribution in [0.25, 0.3) is 0 Å². The van der Waals surface area contributed by atoms with Crippen LogP contribution >= 0.6 is 22.6 Å². The number of methoxy groups -OCH3 is 1. The number of hydrogen-bond acceptors (Lipinski definition) is 2. The Morgan fingerprint density at radius 3 is 2.50 bits per heavy atom. The first kappa shape index (κ1) is 11.4. The van der Waals surface area contributed by atoms with E-state index in [1.807, 2.05) is 18.3 Å². The molecular formula is C12H13IN2O. The molecule has 84 valence electrons. The molecule has 1 N–H and O–H groups in total. The molecule has 1 aromatic heterocycles. The third kappa shape index (κ3) is 2.21. The molecule has 0 aliphatic carbocycles. The predicted molar refractivity (Wildman–Crippen MR) is 72.2 cm³/mol. The molecule has 1 unspecified atom stereocenters. The molecule has 1 aromatic carbocycles. The Morgan fingerprint density at radius 1 is 1.31 bits per heavy atom. The SMILES string of the molecule is COc1ccc(C(I)c2[nH]ncc2C)cc1. The van der Waals surface area contributed by atoms with Crippen LogP contribution in [0.1, 0.15) is 20.7 Å². The van der Waals surface area contributed by atoms with Crippen LogP contribution in [0.3, 0.4) is 0 Å². The summed E-state index contributed by atoms with van der Waals surface area (Å²) in [4.78, 5) is 0. The van der Waals surface area contributed by atoms with E-state index in [1.165, 1.54) is 11.1 Å². The Hall–Kier alpha value is -1.04. The molecule has 4 heteroatoms. The summed E-state index contributed by atoms with van der Waals surface area (Å²) < 4.78 is 5.44. The molecule has 2 aromatic rings. The lowest BCUT2D eigenvalue weighted by Crippen LogP contribution is -1.95. The minimum Gasteiger partial charge on any atom is -0.497 e. The van der Waals surface area contributed by atoms with Crippen molar-refractivity contribution in [2.24, 2.45) is 0 Å². The van der Waals surface area contributed by atoms with Crippen LogP contribution in [0.5, 0.6) is 5.75 Å². The van der Waals surface area contributed by atoms with Gasteiger partial charge in [-0.1, -0.05) is 34.7 Å². The molecule has 0 saturated heterocycles. The quantitative estimate of drug-likeness (QED) is 0.694. The molecule has 0 spiro atoms. The van der Waals surface area contributed by atoms with Gasteiger partial charge < -0.3 is 4.74 Å². The third-order valence-electron chi connectivity index (χ3n) is 2.53. The van der Waals surface area contributed by atoms with E-state index in [4.69, 9.17) is 4.74 Å². The van der Waals surface area contributed by atoms with Crippen molar-refractivity contribution < 1.29 is 4.74 Å². The number of nitrogens with one attached hydrogen (secondary N) is 1. The van der Waals surface area contributed by atoms with Crippen LogP contribution in [0.15, 0.2) is 30.5 Å². The van der Waals surface area contributed by atoms with Gasteiger partial charge in [0.15, 0.2) is 0 Å². The standard InChI is InChI=1S/C12H13IN2O/c1-8-7-14-15-12(8)11(13)9-3-5-10(16-2)6-4-9/h3-7,11H,1-2H3,(H,14,15). The second-order valence-electron chi connectivity index (χ2n) is 3.60. The zero-order chi connectivity index (χ0) is 11.5. The molecule has 0 aliphatic rings. The summed E-state index contributed by atoms with van der Waals surface area (Å²) in [7, 11) is 1.68. The molecule has 0 saturated carbocycles. The van der Waals surface area contributed by atoms with Crippen LogP contribution in [0.2, 0.25) is 0 Å². The minimum atomic E-state index is 0.297. The first-order chi connectivity index (χ1) is 7.72. The van der Waals surface area contributed by atoms with Crippen molar-refractivity contribution in [2.45, 2.75) is 10.8 Å². The number of halogens is 1. The number of aromatic amines is 1. The van der Waals surface area contributed by atoms with E-state index < -0.39 is 0 Å². The first-order valence-electron chi connectivity index (χ1n) is 5.00. The van der Waals surface area contributed by atoms with Gasteiger partial charge in [0.05, 0.1) is 22.9 Å². The highest BCUT2D eigenvalue weighted by Crippen LogP contribution is 2.32. The van der Waals surface area contributed by atoms with Gasteiger partial charge in [-0.3, -0.25) is 5.10 Å². The maximum absolute atomic E-state index is 5.14. The van der Waals surface area contributed by atoms with Crippen molar-refractivity contribution in [1.82, 2.24) is 10.2 Å². The Balaban J connectivity index is 2.27. The predicted octanol–water partition coefficient (Wildman–Crippen LogP) is 3.25. The second-order valence-corrected chi connectivity index (χ2v) is 4.85. The average molecular weight is 328 g/mol. The van der Waals surface area contributed by atoms with Crippen molar-refractivity contribution in [3.8, 4) is 5.75 Å². The van der Waals surface area contributed by atoms with Gasteiger partial charge in [0.25, 0.3) is 0 Å². The number of rotatable bonds is 3. The molecule has 3 nitrogen and oxygen atoms in total. The lowest BCUT2D eigenvalue weighted by Gasteiger charge is -2.10. The van der Waals surface area contributed by atoms with Gasteiger partial charge in [-0.2, -0.15) is 5.10 Å². The van der Waals surface area contributed by atoms with Gasteiger partial charge in [-0.15, -0.1) is 0 Å². The first-order valence-corrected chi connectivity index (χ1v) is 6.25. The van der Waals surface area contributed by atoms with Gasteiger partial charge >= 0.3 is 0 Å². The highest BCUT2D eigenvalue weighted by molar-refractivity contribution is 14.1. The molecule has 1 atom stereocenters. The summed E-state index contributed by atoms with van der Waals surface area (Å²) in [5, 5.41) is 7.09. The van der Waals surface area contributed by atoms with Crippen molar-refractivity contribution in [2.75, 3.05) is 7.11 Å². The van der Waals surface area contributed by atoms with Crippen LogP contribution in [-0.4, -0.2) is 17.3 Å². The Bertz CT molecular complexity index is 464. The normalized spacial score (nSPS) is 12.4. The molecule has 0 bridgehead atoms. The minimum absolute atomic E-state index is 0.297. The number of benzene rings is 1. The zero-order valence-corrected chi connectivity index (χ0v) is 11.4. The monoisotopic (exact) mass is 328 g/mol. The highest BCUT2D eigenvalue weighted by atomic mass is 127. The number of hydrogen-bond donors (Lipinski definition) is 1. The van der Waals surface area contributed by atoms with Crippen molar-refractivity contribution in [3.05, 3.63) is 47.3 Å². The van der Waals surface area contributed by atoms with E-state index >= 15 is 0 Å². The van der Waals surface area contributed by atoms with E-state index in [0.717, 1.165) is 11.4 Å². The fourth-order valence-corrected chi connectivity index (χ4v) is 2.60. The lowest BCUT2D eigenvalue weighted by atomic mass is 10.1. The molecule has 2 rings (SSSR count). The van der Waals surface area contributed by atoms with Crippen LogP contribution in [-0.2, 0) is 0 Å². The number of H-pyrrole nitrogens is 1. The van der Waals surface area contributed by atoms with Gasteiger partial charge in [0.2, 0.25) is 0 Å². The van der Waals surface area contributed by atoms with E-state index in [1.54, 1.807) is 7.11 Å². The van der Waals surface area contributed by atoms with E-state index in [2.05, 4.69) is 51.8 Å². The number of aromatic nitrogens is 2. The van der Waals surface area contributed by atoms with E-state index in [0.29, 0.717) is 3.92 Å². The summed E-state index contributed by atoms with van der Waals surface area (Å²) in [6.45, 7) is 2.06. The van der Waals surface area contributed by atoms with Crippen LogP contribution in [0.4, 0.5) is 0 Å². The fraction of sp³-hybridized carbons (Fsp3) is 0.250. The highest BCUT2D eigenvalue weighted by Gasteiger charge is 2.14. The Labute approximate surface area is 108 Å². The summed E-state index contributed by atoms with van der Waals surface area (Å²) in [6.07, 6.45) is 1.85. The third-order valence-corrected chi connectivity index (χ3v) is 3.87. The molecule has 0 amide bonds. The summed E-state index contributed by atoms with van der Waals surface area (Å²) in [5.41, 5.74) is 3.59. The maximum Gasteiger partial charge on any atom is 0.118 e. The molecule has 0 aliphatic heterocycles. The fourth-order valence-electron chi connectivity index (χ4n) is 1.55. The van der Waals surface area contributed by atoms with Gasteiger partial charge in [0.1, 0.15) is 5.75 Å². The van der Waals surface area contributed by atoms with Crippen LogP contribution in [0, 0.1) is 6.92 Å². The lowest BCUT2D eigenvalue weighted by molar-refractivity contribution is 0.414. The summed E-state index contributed by atoms with van der Waals surface area (Å²) >= 11 is 2.41. The van der Waals surface area contributed by atoms with Gasteiger partial charge in [-0.05, 0) is 30.2 Å². The maximum atomic E-state index is 5.14. The average Bonchev–Trinajstić information content (AvgIpc) is 2.75. The Kier molecular flexibility index (Phi) is 3.48. The van der Waals surface area contributed by atoms with E-state index in [9.17, 15) is 0 Å². The second kappa shape index (κ2) is 4.86. The smallest absolute Gasteiger partial charge is 0.118 e. The van der Waals surface area contributed by atoms with Crippen molar-refractivity contribution >= 4 is 22.6 Å². The molecule has 0 fully saturated rings. The number of nitrogens with zero attached hydrogens (tertiary/aromatic N) is 1.